The molecule has 1 aromatic heterocycles. The molecule has 0 amide bonds. The number of anilines is 1. The number of aryl methyl sites for hydroxylation is 1. The Kier molecular flexibility index (Phi) is 3.65. The van der Waals surface area contributed by atoms with E-state index in [-0.39, 0.29) is 9.92 Å². The van der Waals surface area contributed by atoms with Crippen molar-refractivity contribution in [2.75, 3.05) is 4.72 Å². The summed E-state index contributed by atoms with van der Waals surface area (Å²) in [7, 11) is -2.00. The molecule has 0 spiro atoms. The van der Waals surface area contributed by atoms with Gasteiger partial charge in [0.2, 0.25) is 0 Å². The average Bonchev–Trinajstić information content (AvgIpc) is 2.62. The fourth-order valence-corrected chi connectivity index (χ4v) is 3.44. The summed E-state index contributed by atoms with van der Waals surface area (Å²) in [5, 5.41) is 4.03. The van der Waals surface area contributed by atoms with Crippen molar-refractivity contribution in [3.8, 4) is 0 Å². The quantitative estimate of drug-likeness (QED) is 0.925. The van der Waals surface area contributed by atoms with Crippen LogP contribution in [-0.4, -0.2) is 18.2 Å². The minimum absolute atomic E-state index is 0.0243. The average molecular weight is 351 g/mol. The third-order valence-corrected chi connectivity index (χ3v) is 4.50. The van der Waals surface area contributed by atoms with Crippen LogP contribution < -0.4 is 4.72 Å². The Balaban J connectivity index is 2.36. The van der Waals surface area contributed by atoms with Crippen LogP contribution in [0.5, 0.6) is 0 Å². The van der Waals surface area contributed by atoms with E-state index < -0.39 is 10.0 Å². The molecule has 1 aromatic carbocycles. The number of rotatable bonds is 3. The number of nitrogens with zero attached hydrogens (tertiary/aromatic N) is 2. The van der Waals surface area contributed by atoms with E-state index in [2.05, 4.69) is 25.8 Å². The van der Waals surface area contributed by atoms with Crippen LogP contribution in [0.3, 0.4) is 0 Å². The standard InChI is InChI=1S/C10H9BrClN3O2S/c1-15-6-8(5-13-15)14-18(16,17)10-3-2-7(11)4-9(10)12/h2-6,14H,1H3. The van der Waals surface area contributed by atoms with Crippen LogP contribution in [0, 0.1) is 0 Å². The van der Waals surface area contributed by atoms with E-state index in [0.717, 1.165) is 0 Å². The molecule has 0 aliphatic heterocycles. The van der Waals surface area contributed by atoms with Crippen molar-refractivity contribution in [2.24, 2.45) is 7.05 Å². The van der Waals surface area contributed by atoms with Crippen LogP contribution in [0.15, 0.2) is 40.0 Å². The van der Waals surface area contributed by atoms with E-state index in [0.29, 0.717) is 10.2 Å². The third kappa shape index (κ3) is 2.85. The highest BCUT2D eigenvalue weighted by Crippen LogP contribution is 2.26. The molecule has 0 saturated heterocycles. The highest BCUT2D eigenvalue weighted by atomic mass is 79.9. The van der Waals surface area contributed by atoms with Gasteiger partial charge in [0.05, 0.1) is 16.9 Å². The third-order valence-electron chi connectivity index (χ3n) is 2.14. The van der Waals surface area contributed by atoms with Gasteiger partial charge in [-0.2, -0.15) is 5.10 Å². The molecule has 0 aliphatic carbocycles. The van der Waals surface area contributed by atoms with Gasteiger partial charge in [-0.25, -0.2) is 8.42 Å². The molecule has 2 aromatic rings. The number of halogens is 2. The Morgan fingerprint density at radius 3 is 2.72 bits per heavy atom. The summed E-state index contributed by atoms with van der Waals surface area (Å²) in [6.07, 6.45) is 2.98. The van der Waals surface area contributed by atoms with Gasteiger partial charge in [-0.3, -0.25) is 9.40 Å². The predicted molar refractivity (Wildman–Crippen MR) is 73.2 cm³/mol. The van der Waals surface area contributed by atoms with Gasteiger partial charge in [0.15, 0.2) is 0 Å². The largest absolute Gasteiger partial charge is 0.276 e. The molecule has 1 N–H and O–H groups in total. The summed E-state index contributed by atoms with van der Waals surface area (Å²) in [4.78, 5) is 0.0243. The molecule has 0 atom stereocenters. The maximum absolute atomic E-state index is 12.1. The minimum atomic E-state index is -3.70. The molecule has 0 saturated carbocycles. The number of nitrogens with one attached hydrogen (secondary N) is 1. The smallest absolute Gasteiger partial charge is 0.263 e. The summed E-state index contributed by atoms with van der Waals surface area (Å²) in [6.45, 7) is 0. The summed E-state index contributed by atoms with van der Waals surface area (Å²) >= 11 is 9.14. The van der Waals surface area contributed by atoms with Crippen molar-refractivity contribution in [1.82, 2.24) is 9.78 Å². The molecule has 2 rings (SSSR count). The second-order valence-corrected chi connectivity index (χ2v) is 6.56. The van der Waals surface area contributed by atoms with Crippen LogP contribution in [0.4, 0.5) is 5.69 Å². The normalized spacial score (nSPS) is 11.5. The molecular formula is C10H9BrClN3O2S. The molecule has 1 heterocycles. The molecule has 0 fully saturated rings. The van der Waals surface area contributed by atoms with Crippen LogP contribution in [0.25, 0.3) is 0 Å². The number of sulfonamides is 1. The maximum Gasteiger partial charge on any atom is 0.263 e. The molecule has 0 aliphatic rings. The highest BCUT2D eigenvalue weighted by Gasteiger charge is 2.18. The fourth-order valence-electron chi connectivity index (χ4n) is 1.38. The molecule has 5 nitrogen and oxygen atoms in total. The first-order valence-corrected chi connectivity index (χ1v) is 7.50. The Morgan fingerprint density at radius 2 is 2.17 bits per heavy atom. The van der Waals surface area contributed by atoms with Gasteiger partial charge >= 0.3 is 0 Å². The van der Waals surface area contributed by atoms with Gasteiger partial charge in [-0.1, -0.05) is 27.5 Å². The summed E-state index contributed by atoms with van der Waals surface area (Å²) in [5.74, 6) is 0. The second-order valence-electron chi connectivity index (χ2n) is 3.58. The molecule has 96 valence electrons. The van der Waals surface area contributed by atoms with E-state index >= 15 is 0 Å². The van der Waals surface area contributed by atoms with Crippen LogP contribution in [0.1, 0.15) is 0 Å². The van der Waals surface area contributed by atoms with Crippen molar-refractivity contribution in [3.63, 3.8) is 0 Å². The number of hydrogen-bond acceptors (Lipinski definition) is 3. The Labute approximate surface area is 118 Å². The second kappa shape index (κ2) is 4.91. The Bertz CT molecular complexity index is 684. The lowest BCUT2D eigenvalue weighted by molar-refractivity contribution is 0.601. The zero-order valence-corrected chi connectivity index (χ0v) is 12.4. The van der Waals surface area contributed by atoms with E-state index in [1.807, 2.05) is 0 Å². The molecule has 0 radical (unpaired) electrons. The number of hydrogen-bond donors (Lipinski definition) is 1. The van der Waals surface area contributed by atoms with Crippen molar-refractivity contribution >= 4 is 43.2 Å². The first-order chi connectivity index (χ1) is 8.38. The molecule has 8 heteroatoms. The van der Waals surface area contributed by atoms with Crippen molar-refractivity contribution in [3.05, 3.63) is 40.1 Å². The van der Waals surface area contributed by atoms with E-state index in [1.54, 1.807) is 19.3 Å². The monoisotopic (exact) mass is 349 g/mol. The van der Waals surface area contributed by atoms with Gasteiger partial charge in [0, 0.05) is 17.7 Å². The van der Waals surface area contributed by atoms with Crippen molar-refractivity contribution in [2.45, 2.75) is 4.90 Å². The maximum atomic E-state index is 12.1. The van der Waals surface area contributed by atoms with Gasteiger partial charge in [0.25, 0.3) is 10.0 Å². The topological polar surface area (TPSA) is 64.0 Å². The zero-order valence-electron chi connectivity index (χ0n) is 9.26. The Hall–Kier alpha value is -1.05. The van der Waals surface area contributed by atoms with Crippen LogP contribution in [0.2, 0.25) is 5.02 Å². The van der Waals surface area contributed by atoms with Crippen LogP contribution in [-0.2, 0) is 17.1 Å². The van der Waals surface area contributed by atoms with Gasteiger partial charge in [-0.05, 0) is 18.2 Å². The zero-order chi connectivity index (χ0) is 13.3. The van der Waals surface area contributed by atoms with Crippen LogP contribution >= 0.6 is 27.5 Å². The lowest BCUT2D eigenvalue weighted by Crippen LogP contribution is -2.13. The van der Waals surface area contributed by atoms with Crippen molar-refractivity contribution in [1.29, 1.82) is 0 Å². The van der Waals surface area contributed by atoms with Crippen molar-refractivity contribution < 1.29 is 8.42 Å². The van der Waals surface area contributed by atoms with Gasteiger partial charge in [-0.15, -0.1) is 0 Å². The van der Waals surface area contributed by atoms with E-state index in [4.69, 9.17) is 11.6 Å². The molecular weight excluding hydrogens is 342 g/mol. The lowest BCUT2D eigenvalue weighted by Gasteiger charge is -2.07. The predicted octanol–water partition coefficient (Wildman–Crippen LogP) is 2.64. The first kappa shape index (κ1) is 13.4. The van der Waals surface area contributed by atoms with E-state index in [9.17, 15) is 8.42 Å². The number of benzene rings is 1. The summed E-state index contributed by atoms with van der Waals surface area (Å²) in [6, 6.07) is 4.58. The van der Waals surface area contributed by atoms with Gasteiger partial charge in [0.1, 0.15) is 4.90 Å². The highest BCUT2D eigenvalue weighted by molar-refractivity contribution is 9.10. The van der Waals surface area contributed by atoms with Gasteiger partial charge < -0.3 is 0 Å². The molecule has 0 bridgehead atoms. The van der Waals surface area contributed by atoms with E-state index in [1.165, 1.54) is 23.0 Å². The Morgan fingerprint density at radius 1 is 1.44 bits per heavy atom. The summed E-state index contributed by atoms with van der Waals surface area (Å²) in [5.41, 5.74) is 0.386. The lowest BCUT2D eigenvalue weighted by atomic mass is 10.4. The minimum Gasteiger partial charge on any atom is -0.276 e. The fraction of sp³-hybridized carbons (Fsp3) is 0.100. The molecule has 18 heavy (non-hydrogen) atoms. The number of aromatic nitrogens is 2. The SMILES string of the molecule is Cn1cc(NS(=O)(=O)c2ccc(Br)cc2Cl)cn1. The first-order valence-electron chi connectivity index (χ1n) is 4.85. The summed E-state index contributed by atoms with van der Waals surface area (Å²) < 4.78 is 28.8. The molecule has 0 unspecified atom stereocenters.